The molecule has 0 saturated heterocycles. The summed E-state index contributed by atoms with van der Waals surface area (Å²) in [5, 5.41) is 24.0. The van der Waals surface area contributed by atoms with E-state index in [-0.39, 0.29) is 24.4 Å². The minimum atomic E-state index is -0.162. The Morgan fingerprint density at radius 1 is 1.15 bits per heavy atom. The molecule has 1 aromatic rings. The fraction of sp³-hybridized carbons (Fsp3) is 0.533. The Morgan fingerprint density at radius 2 is 1.80 bits per heavy atom. The van der Waals surface area contributed by atoms with Crippen LogP contribution in [0.4, 0.5) is 4.79 Å². The molecule has 0 spiro atoms. The number of urea groups is 1. The van der Waals surface area contributed by atoms with Crippen LogP contribution in [0.15, 0.2) is 24.3 Å². The topological polar surface area (TPSA) is 81.6 Å². The lowest BCUT2D eigenvalue weighted by Crippen LogP contribution is -2.43. The lowest BCUT2D eigenvalue weighted by atomic mass is 9.87. The van der Waals surface area contributed by atoms with Crippen LogP contribution < -0.4 is 10.6 Å². The molecule has 1 fully saturated rings. The predicted molar refractivity (Wildman–Crippen MR) is 76.3 cm³/mol. The van der Waals surface area contributed by atoms with E-state index >= 15 is 0 Å². The Kier molecular flexibility index (Phi) is 5.24. The van der Waals surface area contributed by atoms with Crippen LogP contribution in [0.1, 0.15) is 31.2 Å². The number of aliphatic hydroxyl groups is 1. The Balaban J connectivity index is 1.69. The summed E-state index contributed by atoms with van der Waals surface area (Å²) in [5.41, 5.74) is 0.946. The van der Waals surface area contributed by atoms with Crippen LogP contribution in [0.3, 0.4) is 0 Å². The molecule has 5 nitrogen and oxygen atoms in total. The van der Waals surface area contributed by atoms with Gasteiger partial charge in [0.05, 0.1) is 0 Å². The first-order valence-electron chi connectivity index (χ1n) is 7.10. The van der Waals surface area contributed by atoms with Gasteiger partial charge in [0.2, 0.25) is 0 Å². The van der Waals surface area contributed by atoms with Gasteiger partial charge in [-0.25, -0.2) is 4.79 Å². The number of carbonyl (C=O) groups excluding carboxylic acids is 1. The van der Waals surface area contributed by atoms with E-state index < -0.39 is 0 Å². The summed E-state index contributed by atoms with van der Waals surface area (Å²) in [6, 6.07) is 6.81. The number of rotatable bonds is 4. The first-order valence-corrected chi connectivity index (χ1v) is 7.10. The highest BCUT2D eigenvalue weighted by molar-refractivity contribution is 5.74. The third-order valence-corrected chi connectivity index (χ3v) is 3.83. The number of carbonyl (C=O) groups is 1. The zero-order valence-corrected chi connectivity index (χ0v) is 11.5. The van der Waals surface area contributed by atoms with Gasteiger partial charge in [0.15, 0.2) is 0 Å². The summed E-state index contributed by atoms with van der Waals surface area (Å²) < 4.78 is 0. The molecule has 0 atom stereocenters. The predicted octanol–water partition coefficient (Wildman–Crippen LogP) is 1.74. The molecule has 4 N–H and O–H groups in total. The van der Waals surface area contributed by atoms with Gasteiger partial charge in [-0.1, -0.05) is 12.1 Å². The number of phenols is 1. The fourth-order valence-electron chi connectivity index (χ4n) is 2.52. The molecule has 5 heteroatoms. The Morgan fingerprint density at radius 3 is 2.40 bits per heavy atom. The molecular formula is C15H22N2O3. The van der Waals surface area contributed by atoms with Crippen molar-refractivity contribution in [1.29, 1.82) is 0 Å². The highest BCUT2D eigenvalue weighted by Gasteiger charge is 2.21. The van der Waals surface area contributed by atoms with E-state index in [1.54, 1.807) is 24.3 Å². The zero-order chi connectivity index (χ0) is 14.4. The molecule has 0 heterocycles. The van der Waals surface area contributed by atoms with Crippen LogP contribution in [-0.2, 0) is 6.54 Å². The number of phenolic OH excluding ortho intramolecular Hbond substituents is 1. The van der Waals surface area contributed by atoms with E-state index in [4.69, 9.17) is 5.11 Å². The molecule has 0 aliphatic heterocycles. The monoisotopic (exact) mass is 278 g/mol. The lowest BCUT2D eigenvalue weighted by molar-refractivity contribution is 0.174. The van der Waals surface area contributed by atoms with Gasteiger partial charge >= 0.3 is 6.03 Å². The number of aromatic hydroxyl groups is 1. The molecule has 1 aromatic carbocycles. The Bertz CT molecular complexity index is 425. The summed E-state index contributed by atoms with van der Waals surface area (Å²) >= 11 is 0. The second-order valence-corrected chi connectivity index (χ2v) is 5.39. The van der Waals surface area contributed by atoms with Gasteiger partial charge in [-0.2, -0.15) is 0 Å². The van der Waals surface area contributed by atoms with Crippen LogP contribution in [-0.4, -0.2) is 28.9 Å². The van der Waals surface area contributed by atoms with Crippen LogP contribution >= 0.6 is 0 Å². The van der Waals surface area contributed by atoms with Crippen molar-refractivity contribution in [3.63, 3.8) is 0 Å². The zero-order valence-electron chi connectivity index (χ0n) is 11.5. The van der Waals surface area contributed by atoms with E-state index in [1.807, 2.05) is 0 Å². The maximum Gasteiger partial charge on any atom is 0.315 e. The highest BCUT2D eigenvalue weighted by atomic mass is 16.3. The lowest BCUT2D eigenvalue weighted by Gasteiger charge is -2.27. The van der Waals surface area contributed by atoms with Crippen molar-refractivity contribution in [3.8, 4) is 5.75 Å². The van der Waals surface area contributed by atoms with Gasteiger partial charge in [-0.3, -0.25) is 0 Å². The van der Waals surface area contributed by atoms with E-state index in [2.05, 4.69) is 10.6 Å². The molecule has 0 aromatic heterocycles. The van der Waals surface area contributed by atoms with Crippen LogP contribution in [0, 0.1) is 5.92 Å². The number of nitrogens with one attached hydrogen (secondary N) is 2. The summed E-state index contributed by atoms with van der Waals surface area (Å²) in [6.07, 6.45) is 3.80. The average Bonchev–Trinajstić information content (AvgIpc) is 2.47. The number of benzene rings is 1. The standard InChI is InChI=1S/C15H22N2O3/c18-10-12-1-5-13(6-2-12)17-15(20)16-9-11-3-7-14(19)8-4-11/h3-4,7-8,12-13,18-19H,1-2,5-6,9-10H2,(H2,16,17,20). The van der Waals surface area contributed by atoms with Crippen molar-refractivity contribution in [1.82, 2.24) is 10.6 Å². The first kappa shape index (κ1) is 14.7. The molecule has 1 aliphatic carbocycles. The van der Waals surface area contributed by atoms with Crippen molar-refractivity contribution < 1.29 is 15.0 Å². The minimum absolute atomic E-state index is 0.162. The van der Waals surface area contributed by atoms with E-state index in [9.17, 15) is 9.90 Å². The molecule has 2 rings (SSSR count). The van der Waals surface area contributed by atoms with Crippen molar-refractivity contribution in [2.45, 2.75) is 38.3 Å². The number of hydrogen-bond acceptors (Lipinski definition) is 3. The molecule has 20 heavy (non-hydrogen) atoms. The van der Waals surface area contributed by atoms with E-state index in [0.29, 0.717) is 12.5 Å². The number of amides is 2. The largest absolute Gasteiger partial charge is 0.508 e. The normalized spacial score (nSPS) is 22.2. The second kappa shape index (κ2) is 7.14. The molecule has 0 radical (unpaired) electrons. The van der Waals surface area contributed by atoms with Gasteiger partial charge in [0.1, 0.15) is 5.75 Å². The smallest absolute Gasteiger partial charge is 0.315 e. The van der Waals surface area contributed by atoms with Gasteiger partial charge in [0, 0.05) is 19.2 Å². The minimum Gasteiger partial charge on any atom is -0.508 e. The van der Waals surface area contributed by atoms with E-state index in [0.717, 1.165) is 31.2 Å². The number of hydrogen-bond donors (Lipinski definition) is 4. The van der Waals surface area contributed by atoms with Crippen molar-refractivity contribution in [3.05, 3.63) is 29.8 Å². The molecule has 2 amide bonds. The van der Waals surface area contributed by atoms with Gasteiger partial charge in [-0.15, -0.1) is 0 Å². The third-order valence-electron chi connectivity index (χ3n) is 3.83. The van der Waals surface area contributed by atoms with Gasteiger partial charge < -0.3 is 20.8 Å². The average molecular weight is 278 g/mol. The van der Waals surface area contributed by atoms with E-state index in [1.165, 1.54) is 0 Å². The molecule has 0 unspecified atom stereocenters. The van der Waals surface area contributed by atoms with Gasteiger partial charge in [-0.05, 0) is 49.3 Å². The second-order valence-electron chi connectivity index (χ2n) is 5.39. The summed E-state index contributed by atoms with van der Waals surface area (Å²) in [4.78, 5) is 11.8. The van der Waals surface area contributed by atoms with Crippen LogP contribution in [0.5, 0.6) is 5.75 Å². The summed E-state index contributed by atoms with van der Waals surface area (Å²) in [6.45, 7) is 0.692. The molecule has 0 bridgehead atoms. The molecule has 1 aliphatic rings. The summed E-state index contributed by atoms with van der Waals surface area (Å²) in [5.74, 6) is 0.618. The maximum absolute atomic E-state index is 11.8. The summed E-state index contributed by atoms with van der Waals surface area (Å²) in [7, 11) is 0. The SMILES string of the molecule is O=C(NCc1ccc(O)cc1)NC1CCC(CO)CC1. The van der Waals surface area contributed by atoms with Crippen molar-refractivity contribution in [2.75, 3.05) is 6.61 Å². The third kappa shape index (κ3) is 4.42. The van der Waals surface area contributed by atoms with Crippen molar-refractivity contribution >= 4 is 6.03 Å². The molecule has 110 valence electrons. The molecule has 1 saturated carbocycles. The van der Waals surface area contributed by atoms with Gasteiger partial charge in [0.25, 0.3) is 0 Å². The van der Waals surface area contributed by atoms with Crippen molar-refractivity contribution in [2.24, 2.45) is 5.92 Å². The first-order chi connectivity index (χ1) is 9.67. The van der Waals surface area contributed by atoms with Crippen LogP contribution in [0.2, 0.25) is 0 Å². The maximum atomic E-state index is 11.8. The highest BCUT2D eigenvalue weighted by Crippen LogP contribution is 2.23. The Hall–Kier alpha value is -1.75. The number of aliphatic hydroxyl groups excluding tert-OH is 1. The Labute approximate surface area is 119 Å². The molecular weight excluding hydrogens is 256 g/mol. The quantitative estimate of drug-likeness (QED) is 0.677. The van der Waals surface area contributed by atoms with Crippen LogP contribution in [0.25, 0.3) is 0 Å². The fourth-order valence-corrected chi connectivity index (χ4v) is 2.52.